The zero-order chi connectivity index (χ0) is 20.1. The average Bonchev–Trinajstić information content (AvgIpc) is 2.64. The van der Waals surface area contributed by atoms with E-state index in [2.05, 4.69) is 4.98 Å². The van der Waals surface area contributed by atoms with Crippen LogP contribution < -0.4 is 11.2 Å². The zero-order valence-corrected chi connectivity index (χ0v) is 14.6. The van der Waals surface area contributed by atoms with Crippen molar-refractivity contribution in [1.82, 2.24) is 4.98 Å². The predicted octanol–water partition coefficient (Wildman–Crippen LogP) is 4.51. The van der Waals surface area contributed by atoms with Crippen LogP contribution in [0.15, 0.2) is 72.3 Å². The first-order valence-electron chi connectivity index (χ1n) is 7.91. The summed E-state index contributed by atoms with van der Waals surface area (Å²) < 4.78 is 43.9. The van der Waals surface area contributed by atoms with E-state index in [1.807, 2.05) is 0 Å². The van der Waals surface area contributed by atoms with Crippen molar-refractivity contribution in [3.05, 3.63) is 74.9 Å². The molecule has 0 spiro atoms. The summed E-state index contributed by atoms with van der Waals surface area (Å²) >= 11 is 0.591. The van der Waals surface area contributed by atoms with E-state index in [0.717, 1.165) is 12.1 Å². The number of fused-ring (bicyclic) bond motifs is 3. The van der Waals surface area contributed by atoms with Gasteiger partial charge in [-0.2, -0.15) is 13.2 Å². The summed E-state index contributed by atoms with van der Waals surface area (Å²) in [5.41, 5.74) is -2.20. The molecule has 2 aromatic heterocycles. The first-order chi connectivity index (χ1) is 13.3. The summed E-state index contributed by atoms with van der Waals surface area (Å²) in [5.74, 6) is -0.638. The summed E-state index contributed by atoms with van der Waals surface area (Å²) in [6.07, 6.45) is -4.55. The Labute approximate surface area is 158 Å². The molecule has 2 N–H and O–H groups in total. The maximum Gasteiger partial charge on any atom is 0.416 e. The minimum absolute atomic E-state index is 0.0639. The van der Waals surface area contributed by atoms with Gasteiger partial charge in [0.2, 0.25) is 0 Å². The molecule has 2 heterocycles. The molecule has 0 fully saturated rings. The zero-order valence-electron chi connectivity index (χ0n) is 13.8. The van der Waals surface area contributed by atoms with Gasteiger partial charge < -0.3 is 14.5 Å². The van der Waals surface area contributed by atoms with Gasteiger partial charge in [-0.25, -0.2) is 4.79 Å². The van der Waals surface area contributed by atoms with E-state index in [-0.39, 0.29) is 20.8 Å². The highest BCUT2D eigenvalue weighted by atomic mass is 32.2. The van der Waals surface area contributed by atoms with Crippen molar-refractivity contribution < 1.29 is 22.7 Å². The van der Waals surface area contributed by atoms with Crippen LogP contribution in [0.3, 0.4) is 0 Å². The molecular formula is C19H10F3NO4S. The van der Waals surface area contributed by atoms with Gasteiger partial charge in [0.1, 0.15) is 10.3 Å². The number of hydrogen-bond acceptors (Lipinski definition) is 5. The molecular weight excluding hydrogens is 395 g/mol. The number of hydrogen-bond donors (Lipinski definition) is 2. The van der Waals surface area contributed by atoms with Crippen LogP contribution >= 0.6 is 11.8 Å². The number of benzene rings is 2. The van der Waals surface area contributed by atoms with Crippen LogP contribution in [-0.2, 0) is 6.18 Å². The maximum absolute atomic E-state index is 12.9. The van der Waals surface area contributed by atoms with Crippen LogP contribution in [-0.4, -0.2) is 10.1 Å². The highest BCUT2D eigenvalue weighted by molar-refractivity contribution is 7.99. The lowest BCUT2D eigenvalue weighted by Gasteiger charge is -2.10. The van der Waals surface area contributed by atoms with Gasteiger partial charge in [0.15, 0.2) is 11.3 Å². The van der Waals surface area contributed by atoms with Gasteiger partial charge in [-0.1, -0.05) is 30.0 Å². The Balaban J connectivity index is 1.92. The van der Waals surface area contributed by atoms with Gasteiger partial charge in [0.25, 0.3) is 5.56 Å². The molecule has 2 aromatic carbocycles. The smallest absolute Gasteiger partial charge is 0.416 e. The molecule has 0 saturated carbocycles. The van der Waals surface area contributed by atoms with Gasteiger partial charge in [-0.05, 0) is 30.3 Å². The summed E-state index contributed by atoms with van der Waals surface area (Å²) in [7, 11) is 0. The van der Waals surface area contributed by atoms with E-state index < -0.39 is 28.7 Å². The fourth-order valence-electron chi connectivity index (χ4n) is 2.83. The third-order valence-corrected chi connectivity index (χ3v) is 5.14. The van der Waals surface area contributed by atoms with Crippen LogP contribution in [0.5, 0.6) is 5.75 Å². The minimum atomic E-state index is -4.55. The average molecular weight is 405 g/mol. The number of nitrogens with one attached hydrogen (secondary N) is 1. The van der Waals surface area contributed by atoms with Crippen molar-refractivity contribution in [2.45, 2.75) is 16.0 Å². The van der Waals surface area contributed by atoms with Crippen molar-refractivity contribution in [3.63, 3.8) is 0 Å². The molecule has 0 aliphatic rings. The SMILES string of the molecule is O=c1oc2c(c(O)c1Sc1cccc(C(F)(F)F)c1)c(=O)[nH]c1ccccc12. The molecule has 0 aliphatic heterocycles. The lowest BCUT2D eigenvalue weighted by Crippen LogP contribution is -2.11. The Kier molecular flexibility index (Phi) is 4.19. The summed E-state index contributed by atoms with van der Waals surface area (Å²) in [4.78, 5) is 27.1. The van der Waals surface area contributed by atoms with Crippen LogP contribution in [0.25, 0.3) is 21.9 Å². The fraction of sp³-hybridized carbons (Fsp3) is 0.0526. The Morgan fingerprint density at radius 3 is 2.54 bits per heavy atom. The number of H-pyrrole nitrogens is 1. The summed E-state index contributed by atoms with van der Waals surface area (Å²) in [6, 6.07) is 10.8. The van der Waals surface area contributed by atoms with E-state index in [0.29, 0.717) is 22.7 Å². The Morgan fingerprint density at radius 1 is 1.04 bits per heavy atom. The highest BCUT2D eigenvalue weighted by Crippen LogP contribution is 2.38. The van der Waals surface area contributed by atoms with Crippen molar-refractivity contribution in [2.24, 2.45) is 0 Å². The molecule has 28 heavy (non-hydrogen) atoms. The highest BCUT2D eigenvalue weighted by Gasteiger charge is 2.30. The molecule has 0 atom stereocenters. The molecule has 0 amide bonds. The van der Waals surface area contributed by atoms with Gasteiger partial charge in [-0.15, -0.1) is 0 Å². The van der Waals surface area contributed by atoms with E-state index in [1.165, 1.54) is 12.1 Å². The monoisotopic (exact) mass is 405 g/mol. The number of aromatic amines is 1. The standard InChI is InChI=1S/C19H10F3NO4S/c20-19(21,22)9-4-3-5-10(8-9)28-16-14(24)13-15(27-18(16)26)11-6-1-2-7-12(11)23-17(13)25/h1-8,24H,(H,23,25). The normalized spacial score (nSPS) is 12.0. The largest absolute Gasteiger partial charge is 0.505 e. The second-order valence-electron chi connectivity index (χ2n) is 5.90. The topological polar surface area (TPSA) is 83.3 Å². The quantitative estimate of drug-likeness (QED) is 0.480. The van der Waals surface area contributed by atoms with Crippen LogP contribution in [0.4, 0.5) is 13.2 Å². The molecule has 0 unspecified atom stereocenters. The molecule has 4 aromatic rings. The molecule has 142 valence electrons. The number of halogens is 3. The summed E-state index contributed by atoms with van der Waals surface area (Å²) in [6.45, 7) is 0. The van der Waals surface area contributed by atoms with E-state index in [9.17, 15) is 27.9 Å². The van der Waals surface area contributed by atoms with Crippen molar-refractivity contribution in [1.29, 1.82) is 0 Å². The molecule has 0 bridgehead atoms. The predicted molar refractivity (Wildman–Crippen MR) is 97.8 cm³/mol. The first-order valence-corrected chi connectivity index (χ1v) is 8.73. The second kappa shape index (κ2) is 6.45. The molecule has 9 heteroatoms. The second-order valence-corrected chi connectivity index (χ2v) is 6.98. The minimum Gasteiger partial charge on any atom is -0.505 e. The summed E-state index contributed by atoms with van der Waals surface area (Å²) in [5, 5.41) is 10.7. The number of para-hydroxylation sites is 1. The van der Waals surface area contributed by atoms with Crippen molar-refractivity contribution >= 4 is 33.6 Å². The Hall–Kier alpha value is -3.20. The number of rotatable bonds is 2. The maximum atomic E-state index is 12.9. The number of aromatic nitrogens is 1. The number of alkyl halides is 3. The van der Waals surface area contributed by atoms with E-state index in [4.69, 9.17) is 4.42 Å². The van der Waals surface area contributed by atoms with Gasteiger partial charge in [0, 0.05) is 10.3 Å². The Bertz CT molecular complexity index is 1340. The van der Waals surface area contributed by atoms with Crippen LogP contribution in [0.2, 0.25) is 0 Å². The van der Waals surface area contributed by atoms with Gasteiger partial charge in [0.05, 0.1) is 11.1 Å². The molecule has 0 aliphatic carbocycles. The third-order valence-electron chi connectivity index (χ3n) is 4.09. The fourth-order valence-corrected chi connectivity index (χ4v) is 3.72. The third kappa shape index (κ3) is 3.03. The number of aromatic hydroxyl groups is 1. The lowest BCUT2D eigenvalue weighted by atomic mass is 10.1. The molecule has 4 rings (SSSR count). The molecule has 0 radical (unpaired) electrons. The van der Waals surface area contributed by atoms with Crippen molar-refractivity contribution in [2.75, 3.05) is 0 Å². The van der Waals surface area contributed by atoms with E-state index in [1.54, 1.807) is 24.3 Å². The number of pyridine rings is 1. The lowest BCUT2D eigenvalue weighted by molar-refractivity contribution is -0.137. The van der Waals surface area contributed by atoms with Crippen molar-refractivity contribution in [3.8, 4) is 5.75 Å². The molecule has 5 nitrogen and oxygen atoms in total. The molecule has 0 saturated heterocycles. The van der Waals surface area contributed by atoms with Gasteiger partial charge >= 0.3 is 11.8 Å². The first kappa shape index (κ1) is 18.2. The van der Waals surface area contributed by atoms with Crippen LogP contribution in [0.1, 0.15) is 5.56 Å². The van der Waals surface area contributed by atoms with E-state index >= 15 is 0 Å². The van der Waals surface area contributed by atoms with Crippen LogP contribution in [0, 0.1) is 0 Å². The van der Waals surface area contributed by atoms with Gasteiger partial charge in [-0.3, -0.25) is 4.79 Å². The Morgan fingerprint density at radius 2 is 1.79 bits per heavy atom.